The van der Waals surface area contributed by atoms with Gasteiger partial charge in [-0.3, -0.25) is 9.59 Å². The molecule has 1 rings (SSSR count). The van der Waals surface area contributed by atoms with Gasteiger partial charge in [-0.1, -0.05) is 13.8 Å². The molecular weight excluding hydrogens is 234 g/mol. The fraction of sp³-hybridized carbons (Fsp3) is 0.833. The molecule has 6 nitrogen and oxygen atoms in total. The molecule has 1 aliphatic rings. The molecule has 0 unspecified atom stereocenters. The van der Waals surface area contributed by atoms with E-state index in [1.165, 1.54) is 0 Å². The molecule has 104 valence electrons. The Labute approximate surface area is 107 Å². The Hall–Kier alpha value is -1.14. The molecular formula is C12H23N3O3. The van der Waals surface area contributed by atoms with Crippen molar-refractivity contribution in [2.45, 2.75) is 38.8 Å². The van der Waals surface area contributed by atoms with Gasteiger partial charge in [-0.15, -0.1) is 0 Å². The van der Waals surface area contributed by atoms with Crippen LogP contribution in [0.15, 0.2) is 0 Å². The lowest BCUT2D eigenvalue weighted by Gasteiger charge is -2.31. The predicted octanol–water partition coefficient (Wildman–Crippen LogP) is -1.03. The smallest absolute Gasteiger partial charge is 0.239 e. The minimum Gasteiger partial charge on any atom is -0.393 e. The topological polar surface area (TPSA) is 104 Å². The van der Waals surface area contributed by atoms with Gasteiger partial charge in [0.2, 0.25) is 11.8 Å². The number of hydrogen-bond acceptors (Lipinski definition) is 4. The van der Waals surface area contributed by atoms with Gasteiger partial charge in [0.05, 0.1) is 18.7 Å². The van der Waals surface area contributed by atoms with Crippen molar-refractivity contribution in [1.82, 2.24) is 10.6 Å². The van der Waals surface area contributed by atoms with Gasteiger partial charge in [-0.25, -0.2) is 0 Å². The van der Waals surface area contributed by atoms with Crippen molar-refractivity contribution in [1.29, 1.82) is 0 Å². The van der Waals surface area contributed by atoms with Gasteiger partial charge in [0.15, 0.2) is 0 Å². The van der Waals surface area contributed by atoms with E-state index in [1.54, 1.807) is 0 Å². The lowest BCUT2D eigenvalue weighted by Crippen LogP contribution is -2.48. The highest BCUT2D eigenvalue weighted by atomic mass is 16.3. The Bertz CT molecular complexity index is 301. The number of aliphatic hydroxyl groups is 1. The zero-order valence-corrected chi connectivity index (χ0v) is 11.0. The van der Waals surface area contributed by atoms with Crippen LogP contribution in [-0.4, -0.2) is 42.2 Å². The second-order valence-electron chi connectivity index (χ2n) is 5.28. The first-order chi connectivity index (χ1) is 8.40. The van der Waals surface area contributed by atoms with E-state index in [2.05, 4.69) is 10.6 Å². The number of carbonyl (C=O) groups is 2. The molecule has 0 saturated heterocycles. The summed E-state index contributed by atoms with van der Waals surface area (Å²) in [4.78, 5) is 22.9. The zero-order valence-electron chi connectivity index (χ0n) is 11.0. The van der Waals surface area contributed by atoms with E-state index in [0.29, 0.717) is 12.5 Å². The molecule has 1 aliphatic carbocycles. The molecule has 1 saturated carbocycles. The van der Waals surface area contributed by atoms with Gasteiger partial charge in [0.1, 0.15) is 0 Å². The van der Waals surface area contributed by atoms with Crippen LogP contribution in [-0.2, 0) is 9.59 Å². The van der Waals surface area contributed by atoms with Crippen LogP contribution in [0.1, 0.15) is 26.7 Å². The Balaban J connectivity index is 2.11. The second-order valence-corrected chi connectivity index (χ2v) is 5.28. The quantitative estimate of drug-likeness (QED) is 0.488. The fourth-order valence-electron chi connectivity index (χ4n) is 1.78. The van der Waals surface area contributed by atoms with E-state index in [9.17, 15) is 9.59 Å². The highest BCUT2D eigenvalue weighted by Crippen LogP contribution is 2.25. The zero-order chi connectivity index (χ0) is 13.7. The van der Waals surface area contributed by atoms with E-state index in [-0.39, 0.29) is 30.4 Å². The molecule has 0 aliphatic heterocycles. The average molecular weight is 257 g/mol. The molecule has 1 atom stereocenters. The fourth-order valence-corrected chi connectivity index (χ4v) is 1.78. The van der Waals surface area contributed by atoms with Crippen molar-refractivity contribution in [3.05, 3.63) is 0 Å². The number of carbonyl (C=O) groups excluding carboxylic acids is 2. The van der Waals surface area contributed by atoms with Gasteiger partial charge in [0.25, 0.3) is 0 Å². The number of aliphatic hydroxyl groups excluding tert-OH is 1. The Morgan fingerprint density at radius 2 is 1.94 bits per heavy atom. The van der Waals surface area contributed by atoms with Gasteiger partial charge < -0.3 is 21.5 Å². The van der Waals surface area contributed by atoms with Crippen molar-refractivity contribution in [2.75, 3.05) is 13.1 Å². The van der Waals surface area contributed by atoms with E-state index >= 15 is 0 Å². The first-order valence-corrected chi connectivity index (χ1v) is 6.38. The van der Waals surface area contributed by atoms with Crippen molar-refractivity contribution in [2.24, 2.45) is 17.6 Å². The average Bonchev–Trinajstić information content (AvgIpc) is 2.28. The van der Waals surface area contributed by atoms with Crippen molar-refractivity contribution < 1.29 is 14.7 Å². The molecule has 2 amide bonds. The van der Waals surface area contributed by atoms with Crippen molar-refractivity contribution in [3.63, 3.8) is 0 Å². The van der Waals surface area contributed by atoms with Gasteiger partial charge in [0, 0.05) is 6.54 Å². The molecule has 1 fully saturated rings. The summed E-state index contributed by atoms with van der Waals surface area (Å²) in [5.41, 5.74) is 5.64. The van der Waals surface area contributed by atoms with E-state index in [0.717, 1.165) is 12.8 Å². The van der Waals surface area contributed by atoms with Crippen LogP contribution in [0.5, 0.6) is 0 Å². The SMILES string of the molecule is CC(C)[C@H](N)C(=O)NCC(=O)NCC1CC(O)C1. The monoisotopic (exact) mass is 257 g/mol. The highest BCUT2D eigenvalue weighted by Gasteiger charge is 2.27. The van der Waals surface area contributed by atoms with Gasteiger partial charge in [-0.05, 0) is 24.7 Å². The van der Waals surface area contributed by atoms with Gasteiger partial charge in [-0.2, -0.15) is 0 Å². The number of hydrogen-bond donors (Lipinski definition) is 4. The van der Waals surface area contributed by atoms with Crippen LogP contribution in [0.4, 0.5) is 0 Å². The Kier molecular flexibility index (Phi) is 5.55. The predicted molar refractivity (Wildman–Crippen MR) is 67.6 cm³/mol. The number of amides is 2. The molecule has 6 heteroatoms. The third-order valence-corrected chi connectivity index (χ3v) is 3.24. The van der Waals surface area contributed by atoms with E-state index in [1.807, 2.05) is 13.8 Å². The summed E-state index contributed by atoms with van der Waals surface area (Å²) in [7, 11) is 0. The molecule has 0 heterocycles. The van der Waals surface area contributed by atoms with Gasteiger partial charge >= 0.3 is 0 Å². The molecule has 0 aromatic carbocycles. The second kappa shape index (κ2) is 6.70. The molecule has 0 radical (unpaired) electrons. The summed E-state index contributed by atoms with van der Waals surface area (Å²) in [5, 5.41) is 14.3. The molecule has 0 aromatic heterocycles. The number of nitrogens with one attached hydrogen (secondary N) is 2. The number of nitrogens with two attached hydrogens (primary N) is 1. The largest absolute Gasteiger partial charge is 0.393 e. The summed E-state index contributed by atoms with van der Waals surface area (Å²) < 4.78 is 0. The molecule has 18 heavy (non-hydrogen) atoms. The van der Waals surface area contributed by atoms with Crippen LogP contribution in [0, 0.1) is 11.8 Å². The lowest BCUT2D eigenvalue weighted by atomic mass is 9.82. The first-order valence-electron chi connectivity index (χ1n) is 6.38. The third-order valence-electron chi connectivity index (χ3n) is 3.24. The summed E-state index contributed by atoms with van der Waals surface area (Å²) in [6, 6.07) is -0.584. The molecule has 5 N–H and O–H groups in total. The summed E-state index contributed by atoms with van der Waals surface area (Å²) in [6.45, 7) is 4.22. The minimum atomic E-state index is -0.584. The van der Waals surface area contributed by atoms with E-state index in [4.69, 9.17) is 10.8 Å². The van der Waals surface area contributed by atoms with E-state index < -0.39 is 6.04 Å². The number of rotatable bonds is 6. The summed E-state index contributed by atoms with van der Waals surface area (Å²) >= 11 is 0. The maximum Gasteiger partial charge on any atom is 0.239 e. The molecule has 0 aromatic rings. The van der Waals surface area contributed by atoms with Crippen LogP contribution >= 0.6 is 0 Å². The summed E-state index contributed by atoms with van der Waals surface area (Å²) in [5.74, 6) is -0.123. The standard InChI is InChI=1S/C12H23N3O3/c1-7(2)11(13)12(18)15-6-10(17)14-5-8-3-9(16)4-8/h7-9,11,16H,3-6,13H2,1-2H3,(H,14,17)(H,15,18)/t8?,9?,11-/m0/s1. The van der Waals surface area contributed by atoms with Crippen molar-refractivity contribution >= 4 is 11.8 Å². The molecule has 0 spiro atoms. The van der Waals surface area contributed by atoms with Crippen LogP contribution in [0.2, 0.25) is 0 Å². The Morgan fingerprint density at radius 1 is 1.33 bits per heavy atom. The maximum absolute atomic E-state index is 11.5. The molecule has 0 bridgehead atoms. The normalized spacial score (nSPS) is 24.3. The minimum absolute atomic E-state index is 0.0459. The van der Waals surface area contributed by atoms with Crippen LogP contribution in [0.25, 0.3) is 0 Å². The lowest BCUT2D eigenvalue weighted by molar-refractivity contribution is -0.127. The van der Waals surface area contributed by atoms with Crippen molar-refractivity contribution in [3.8, 4) is 0 Å². The highest BCUT2D eigenvalue weighted by molar-refractivity contribution is 5.87. The summed E-state index contributed by atoms with van der Waals surface area (Å²) in [6.07, 6.45) is 1.27. The Morgan fingerprint density at radius 3 is 2.44 bits per heavy atom. The van der Waals surface area contributed by atoms with Crippen LogP contribution in [0.3, 0.4) is 0 Å². The first kappa shape index (κ1) is 14.9. The maximum atomic E-state index is 11.5. The van der Waals surface area contributed by atoms with Crippen LogP contribution < -0.4 is 16.4 Å². The third kappa shape index (κ3) is 4.62.